The molecule has 0 fully saturated rings. The molecule has 1 aromatic rings. The second-order valence-electron chi connectivity index (χ2n) is 3.99. The van der Waals surface area contributed by atoms with Gasteiger partial charge in [0, 0.05) is 6.07 Å². The summed E-state index contributed by atoms with van der Waals surface area (Å²) in [6, 6.07) is 3.05. The van der Waals surface area contributed by atoms with Crippen molar-refractivity contribution in [1.82, 2.24) is 0 Å². The highest BCUT2D eigenvalue weighted by atomic mass is 19.1. The summed E-state index contributed by atoms with van der Waals surface area (Å²) < 4.78 is 18.1. The molecule has 1 rings (SSSR count). The van der Waals surface area contributed by atoms with E-state index in [0.717, 1.165) is 17.7 Å². The first-order valence-electron chi connectivity index (χ1n) is 6.13. The number of allylic oxidation sites excluding steroid dienone is 2. The average Bonchev–Trinajstić information content (AvgIpc) is 2.45. The van der Waals surface area contributed by atoms with Crippen LogP contribution in [0.25, 0.3) is 0 Å². The van der Waals surface area contributed by atoms with E-state index >= 15 is 0 Å². The van der Waals surface area contributed by atoms with Crippen LogP contribution in [-0.4, -0.2) is 17.6 Å². The summed E-state index contributed by atoms with van der Waals surface area (Å²) in [5.41, 5.74) is 0.176. The summed E-state index contributed by atoms with van der Waals surface area (Å²) in [6.07, 6.45) is 4.60. The largest absolute Gasteiger partial charge is 0.444 e. The maximum atomic E-state index is 13.1. The standard InChI is InChI=1S/C14H15FN2O4/c1-3-5-10(4-2)9-21-14(18)16-11-6-7-12(15)13(8-11)17(19)20/h3-8H,9H2,1-2H3,(H,16,18)/b5-3-,10-4+. The van der Waals surface area contributed by atoms with E-state index in [1.54, 1.807) is 25.2 Å². The number of carbonyl (C=O) groups is 1. The van der Waals surface area contributed by atoms with E-state index in [0.29, 0.717) is 0 Å². The fourth-order valence-corrected chi connectivity index (χ4v) is 1.47. The number of anilines is 1. The van der Waals surface area contributed by atoms with Gasteiger partial charge in [0.2, 0.25) is 5.82 Å². The highest BCUT2D eigenvalue weighted by Crippen LogP contribution is 2.21. The van der Waals surface area contributed by atoms with Gasteiger partial charge in [-0.15, -0.1) is 0 Å². The molecule has 1 N–H and O–H groups in total. The van der Waals surface area contributed by atoms with Crippen LogP contribution in [0.1, 0.15) is 13.8 Å². The van der Waals surface area contributed by atoms with Gasteiger partial charge in [-0.25, -0.2) is 4.79 Å². The number of amides is 1. The molecule has 0 aliphatic rings. The van der Waals surface area contributed by atoms with Gasteiger partial charge >= 0.3 is 11.8 Å². The average molecular weight is 294 g/mol. The number of nitrogens with one attached hydrogen (secondary N) is 1. The van der Waals surface area contributed by atoms with Crippen LogP contribution < -0.4 is 5.32 Å². The minimum atomic E-state index is -0.969. The predicted molar refractivity (Wildman–Crippen MR) is 76.6 cm³/mol. The predicted octanol–water partition coefficient (Wildman–Crippen LogP) is 3.80. The van der Waals surface area contributed by atoms with Gasteiger partial charge in [0.15, 0.2) is 0 Å². The molecule has 0 heterocycles. The molecule has 0 radical (unpaired) electrons. The molecule has 0 spiro atoms. The van der Waals surface area contributed by atoms with Crippen LogP contribution in [0.5, 0.6) is 0 Å². The molecule has 21 heavy (non-hydrogen) atoms. The number of nitro benzene ring substituents is 1. The third-order valence-electron chi connectivity index (χ3n) is 2.51. The van der Waals surface area contributed by atoms with Crippen molar-refractivity contribution in [3.8, 4) is 0 Å². The molecular formula is C14H15FN2O4. The summed E-state index contributed by atoms with van der Waals surface area (Å²) in [5.74, 6) is -0.969. The van der Waals surface area contributed by atoms with Crippen molar-refractivity contribution >= 4 is 17.5 Å². The SMILES string of the molecule is C/C=C\C(=C/C)COC(=O)Nc1ccc(F)c([N+](=O)[O-])c1. The Labute approximate surface area is 121 Å². The van der Waals surface area contributed by atoms with Crippen molar-refractivity contribution in [3.05, 3.63) is 57.9 Å². The molecule has 6 nitrogen and oxygen atoms in total. The summed E-state index contributed by atoms with van der Waals surface area (Å²) >= 11 is 0. The molecule has 1 aromatic carbocycles. The maximum Gasteiger partial charge on any atom is 0.411 e. The fraction of sp³-hybridized carbons (Fsp3) is 0.214. The lowest BCUT2D eigenvalue weighted by Crippen LogP contribution is -2.15. The van der Waals surface area contributed by atoms with Crippen molar-refractivity contribution in [1.29, 1.82) is 0 Å². The maximum absolute atomic E-state index is 13.1. The number of hydrogen-bond donors (Lipinski definition) is 1. The number of nitrogens with zero attached hydrogens (tertiary/aromatic N) is 1. The topological polar surface area (TPSA) is 81.5 Å². The summed E-state index contributed by atoms with van der Waals surface area (Å²) in [4.78, 5) is 21.3. The van der Waals surface area contributed by atoms with Crippen molar-refractivity contribution in [2.24, 2.45) is 0 Å². The molecule has 0 aliphatic heterocycles. The Morgan fingerprint density at radius 3 is 2.76 bits per heavy atom. The lowest BCUT2D eigenvalue weighted by atomic mass is 10.2. The first-order chi connectivity index (χ1) is 9.97. The van der Waals surface area contributed by atoms with Gasteiger partial charge in [-0.05, 0) is 31.6 Å². The van der Waals surface area contributed by atoms with E-state index in [1.165, 1.54) is 6.07 Å². The number of nitro groups is 1. The quantitative estimate of drug-likeness (QED) is 0.508. The van der Waals surface area contributed by atoms with E-state index in [4.69, 9.17) is 4.74 Å². The van der Waals surface area contributed by atoms with Crippen molar-refractivity contribution in [2.45, 2.75) is 13.8 Å². The number of halogens is 1. The normalized spacial score (nSPS) is 11.5. The Morgan fingerprint density at radius 1 is 1.48 bits per heavy atom. The summed E-state index contributed by atoms with van der Waals surface area (Å²) in [5, 5.41) is 12.9. The molecule has 0 unspecified atom stereocenters. The van der Waals surface area contributed by atoms with Crippen LogP contribution in [0.3, 0.4) is 0 Å². The highest BCUT2D eigenvalue weighted by molar-refractivity contribution is 5.85. The lowest BCUT2D eigenvalue weighted by molar-refractivity contribution is -0.387. The third kappa shape index (κ3) is 5.06. The Morgan fingerprint density at radius 2 is 2.19 bits per heavy atom. The second-order valence-corrected chi connectivity index (χ2v) is 3.99. The Bertz CT molecular complexity index is 597. The molecule has 0 aliphatic carbocycles. The van der Waals surface area contributed by atoms with Crippen LogP contribution in [-0.2, 0) is 4.74 Å². The smallest absolute Gasteiger partial charge is 0.411 e. The van der Waals surface area contributed by atoms with E-state index in [9.17, 15) is 19.3 Å². The van der Waals surface area contributed by atoms with Crippen molar-refractivity contribution < 1.29 is 18.8 Å². The molecule has 1 amide bonds. The van der Waals surface area contributed by atoms with E-state index in [2.05, 4.69) is 5.32 Å². The minimum absolute atomic E-state index is 0.0654. The Kier molecular flexibility index (Phi) is 6.06. The highest BCUT2D eigenvalue weighted by Gasteiger charge is 2.15. The van der Waals surface area contributed by atoms with E-state index in [1.807, 2.05) is 6.92 Å². The molecule has 0 bridgehead atoms. The Hall–Kier alpha value is -2.70. The zero-order valence-electron chi connectivity index (χ0n) is 11.6. The van der Waals surface area contributed by atoms with Gasteiger partial charge in [0.05, 0.1) is 10.6 Å². The van der Waals surface area contributed by atoms with Crippen LogP contribution in [0.2, 0.25) is 0 Å². The van der Waals surface area contributed by atoms with E-state index in [-0.39, 0.29) is 12.3 Å². The molecule has 112 valence electrons. The van der Waals surface area contributed by atoms with Crippen molar-refractivity contribution in [3.63, 3.8) is 0 Å². The van der Waals surface area contributed by atoms with Crippen LogP contribution in [0, 0.1) is 15.9 Å². The zero-order valence-corrected chi connectivity index (χ0v) is 11.6. The van der Waals surface area contributed by atoms with Gasteiger partial charge in [0.1, 0.15) is 6.61 Å². The molecule has 7 heteroatoms. The fourth-order valence-electron chi connectivity index (χ4n) is 1.47. The van der Waals surface area contributed by atoms with Gasteiger partial charge in [-0.3, -0.25) is 15.4 Å². The number of rotatable bonds is 5. The van der Waals surface area contributed by atoms with Crippen molar-refractivity contribution in [2.75, 3.05) is 11.9 Å². The summed E-state index contributed by atoms with van der Waals surface area (Å²) in [6.45, 7) is 3.71. The van der Waals surface area contributed by atoms with Crippen LogP contribution in [0.15, 0.2) is 42.0 Å². The second kappa shape index (κ2) is 7.78. The molecule has 0 aromatic heterocycles. The number of carbonyl (C=O) groups excluding carboxylic acids is 1. The lowest BCUT2D eigenvalue weighted by Gasteiger charge is -2.07. The van der Waals surface area contributed by atoms with Gasteiger partial charge < -0.3 is 4.74 Å². The minimum Gasteiger partial charge on any atom is -0.444 e. The first-order valence-corrected chi connectivity index (χ1v) is 6.13. The summed E-state index contributed by atoms with van der Waals surface area (Å²) in [7, 11) is 0. The third-order valence-corrected chi connectivity index (χ3v) is 2.51. The van der Waals surface area contributed by atoms with Crippen LogP contribution in [0.4, 0.5) is 20.6 Å². The van der Waals surface area contributed by atoms with Gasteiger partial charge in [0.25, 0.3) is 0 Å². The van der Waals surface area contributed by atoms with Gasteiger partial charge in [-0.2, -0.15) is 4.39 Å². The van der Waals surface area contributed by atoms with Crippen LogP contribution >= 0.6 is 0 Å². The Balaban J connectivity index is 2.67. The van der Waals surface area contributed by atoms with E-state index < -0.39 is 22.5 Å². The zero-order chi connectivity index (χ0) is 15.8. The molecule has 0 atom stereocenters. The number of benzene rings is 1. The van der Waals surface area contributed by atoms with Gasteiger partial charge in [-0.1, -0.05) is 18.2 Å². The molecule has 0 saturated carbocycles. The monoisotopic (exact) mass is 294 g/mol. The number of ether oxygens (including phenoxy) is 1. The first kappa shape index (κ1) is 16.4. The molecular weight excluding hydrogens is 279 g/mol. The molecule has 0 saturated heterocycles. The number of hydrogen-bond acceptors (Lipinski definition) is 4.